The molecule has 1 amide bonds. The maximum atomic E-state index is 12.9. The smallest absolute Gasteiger partial charge is 0.271 e. The number of nitro groups is 1. The lowest BCUT2D eigenvalue weighted by Gasteiger charge is -2.06. The highest BCUT2D eigenvalue weighted by atomic mass is 35.5. The number of carbonyl (C=O) groups is 1. The van der Waals surface area contributed by atoms with Gasteiger partial charge in [0.15, 0.2) is 0 Å². The fraction of sp³-hybridized carbons (Fsp3) is 0.0385. The monoisotopic (exact) mass is 499 g/mol. The summed E-state index contributed by atoms with van der Waals surface area (Å²) < 4.78 is 6.89. The Kier molecular flexibility index (Phi) is 7.09. The number of aromatic nitrogens is 2. The van der Waals surface area contributed by atoms with E-state index in [9.17, 15) is 20.2 Å². The number of nitriles is 1. The number of non-ortho nitro benzene ring substituents is 1. The van der Waals surface area contributed by atoms with Crippen LogP contribution in [0.5, 0.6) is 5.75 Å². The largest absolute Gasteiger partial charge is 0.497 e. The number of nitrogens with zero attached hydrogens (tertiary/aromatic N) is 4. The number of nitrogens with one attached hydrogen (secondary N) is 1. The molecule has 4 aromatic rings. The highest BCUT2D eigenvalue weighted by Crippen LogP contribution is 2.29. The first-order chi connectivity index (χ1) is 17.4. The Morgan fingerprint density at radius 3 is 2.50 bits per heavy atom. The molecule has 1 N–H and O–H groups in total. The van der Waals surface area contributed by atoms with Crippen LogP contribution in [0.1, 0.15) is 5.56 Å². The van der Waals surface area contributed by atoms with E-state index in [0.29, 0.717) is 17.0 Å². The van der Waals surface area contributed by atoms with Gasteiger partial charge in [-0.05, 0) is 48.5 Å². The van der Waals surface area contributed by atoms with Crippen LogP contribution in [0.3, 0.4) is 0 Å². The van der Waals surface area contributed by atoms with E-state index in [4.69, 9.17) is 16.3 Å². The van der Waals surface area contributed by atoms with Gasteiger partial charge in [0.1, 0.15) is 17.4 Å². The van der Waals surface area contributed by atoms with E-state index >= 15 is 0 Å². The molecular weight excluding hydrogens is 482 g/mol. The van der Waals surface area contributed by atoms with Gasteiger partial charge in [-0.15, -0.1) is 0 Å². The van der Waals surface area contributed by atoms with Crippen LogP contribution in [-0.4, -0.2) is 27.7 Å². The topological polar surface area (TPSA) is 123 Å². The van der Waals surface area contributed by atoms with E-state index in [0.717, 1.165) is 17.3 Å². The van der Waals surface area contributed by atoms with Crippen molar-refractivity contribution in [2.24, 2.45) is 0 Å². The van der Waals surface area contributed by atoms with E-state index in [2.05, 4.69) is 10.4 Å². The van der Waals surface area contributed by atoms with E-state index in [1.54, 1.807) is 30.1 Å². The van der Waals surface area contributed by atoms with Crippen LogP contribution < -0.4 is 10.1 Å². The van der Waals surface area contributed by atoms with Crippen LogP contribution in [0.2, 0.25) is 5.02 Å². The number of para-hydroxylation sites is 1. The second-order valence-electron chi connectivity index (χ2n) is 7.49. The lowest BCUT2D eigenvalue weighted by atomic mass is 10.1. The molecule has 1 aromatic heterocycles. The number of methoxy groups -OCH3 is 1. The van der Waals surface area contributed by atoms with Crippen LogP contribution in [-0.2, 0) is 4.79 Å². The molecule has 0 atom stereocenters. The molecule has 9 nitrogen and oxygen atoms in total. The summed E-state index contributed by atoms with van der Waals surface area (Å²) in [5.41, 5.74) is 2.36. The van der Waals surface area contributed by atoms with Gasteiger partial charge in [0.25, 0.3) is 11.6 Å². The number of nitro benzene ring substituents is 1. The summed E-state index contributed by atoms with van der Waals surface area (Å²) in [6.45, 7) is 0. The third-order valence-corrected chi connectivity index (χ3v) is 5.52. The van der Waals surface area contributed by atoms with Gasteiger partial charge in [-0.3, -0.25) is 14.9 Å². The molecule has 36 heavy (non-hydrogen) atoms. The molecule has 4 rings (SSSR count). The van der Waals surface area contributed by atoms with Gasteiger partial charge in [0.05, 0.1) is 34.1 Å². The number of benzene rings is 3. The molecule has 0 spiro atoms. The average Bonchev–Trinajstić information content (AvgIpc) is 3.32. The fourth-order valence-corrected chi connectivity index (χ4v) is 3.61. The summed E-state index contributed by atoms with van der Waals surface area (Å²) in [5, 5.41) is 27.8. The molecule has 0 saturated heterocycles. The summed E-state index contributed by atoms with van der Waals surface area (Å²) in [4.78, 5) is 23.2. The van der Waals surface area contributed by atoms with Gasteiger partial charge in [0, 0.05) is 29.5 Å². The normalized spacial score (nSPS) is 11.0. The molecule has 0 fully saturated rings. The van der Waals surface area contributed by atoms with Crippen LogP contribution >= 0.6 is 11.6 Å². The summed E-state index contributed by atoms with van der Waals surface area (Å²) in [6, 6.07) is 22.2. The van der Waals surface area contributed by atoms with Crippen molar-refractivity contribution in [1.82, 2.24) is 9.78 Å². The quantitative estimate of drug-likeness (QED) is 0.151. The fourth-order valence-electron chi connectivity index (χ4n) is 3.39. The zero-order valence-corrected chi connectivity index (χ0v) is 19.6. The van der Waals surface area contributed by atoms with Crippen molar-refractivity contribution in [3.05, 3.63) is 105 Å². The van der Waals surface area contributed by atoms with Crippen molar-refractivity contribution >= 4 is 35.0 Å². The molecular formula is C26H18ClN5O4. The first-order valence-electron chi connectivity index (χ1n) is 10.6. The van der Waals surface area contributed by atoms with Crippen LogP contribution in [0.4, 0.5) is 11.4 Å². The van der Waals surface area contributed by atoms with E-state index in [1.165, 1.54) is 18.2 Å². The van der Waals surface area contributed by atoms with Gasteiger partial charge >= 0.3 is 0 Å². The Hall–Kier alpha value is -4.94. The second kappa shape index (κ2) is 10.5. The van der Waals surface area contributed by atoms with Gasteiger partial charge in [0.2, 0.25) is 0 Å². The SMILES string of the molecule is COc1ccc(-c2nn(-c3ccccc3)cc2/C=C(\C#N)C(=O)Nc2ccc([N+](=O)[O-])cc2Cl)cc1. The number of hydrogen-bond donors (Lipinski definition) is 1. The molecule has 0 unspecified atom stereocenters. The van der Waals surface area contributed by atoms with Crippen molar-refractivity contribution < 1.29 is 14.5 Å². The standard InChI is InChI=1S/C26H18ClN5O4/c1-36-22-10-7-17(8-11-22)25-19(16-31(30-25)20-5-3-2-4-6-20)13-18(15-28)26(33)29-24-12-9-21(32(34)35)14-23(24)27/h2-14,16H,1H3,(H,29,33)/b18-13+. The lowest BCUT2D eigenvalue weighted by Crippen LogP contribution is -2.13. The first-order valence-corrected chi connectivity index (χ1v) is 10.9. The minimum atomic E-state index is -0.721. The van der Waals surface area contributed by atoms with E-state index < -0.39 is 10.8 Å². The summed E-state index contributed by atoms with van der Waals surface area (Å²) in [7, 11) is 1.57. The van der Waals surface area contributed by atoms with E-state index in [1.807, 2.05) is 48.5 Å². The third-order valence-electron chi connectivity index (χ3n) is 5.20. The molecule has 0 saturated carbocycles. The predicted molar refractivity (Wildman–Crippen MR) is 136 cm³/mol. The van der Waals surface area contributed by atoms with Crippen molar-refractivity contribution in [2.75, 3.05) is 12.4 Å². The lowest BCUT2D eigenvalue weighted by molar-refractivity contribution is -0.384. The highest BCUT2D eigenvalue weighted by molar-refractivity contribution is 6.34. The van der Waals surface area contributed by atoms with Crippen molar-refractivity contribution in [1.29, 1.82) is 5.26 Å². The van der Waals surface area contributed by atoms with Crippen molar-refractivity contribution in [3.8, 4) is 28.8 Å². The second-order valence-corrected chi connectivity index (χ2v) is 7.89. The Morgan fingerprint density at radius 1 is 1.17 bits per heavy atom. The van der Waals surface area contributed by atoms with Crippen LogP contribution in [0.25, 0.3) is 23.0 Å². The Morgan fingerprint density at radius 2 is 1.89 bits per heavy atom. The Balaban J connectivity index is 1.72. The number of halogens is 1. The molecule has 0 bridgehead atoms. The number of carbonyl (C=O) groups excluding carboxylic acids is 1. The van der Waals surface area contributed by atoms with Crippen molar-refractivity contribution in [2.45, 2.75) is 0 Å². The van der Waals surface area contributed by atoms with Gasteiger partial charge < -0.3 is 10.1 Å². The highest BCUT2D eigenvalue weighted by Gasteiger charge is 2.17. The molecule has 0 radical (unpaired) electrons. The number of amides is 1. The third kappa shape index (κ3) is 5.24. The summed E-state index contributed by atoms with van der Waals surface area (Å²) in [5.74, 6) is -0.0446. The molecule has 0 aliphatic heterocycles. The van der Waals surface area contributed by atoms with Crippen molar-refractivity contribution in [3.63, 3.8) is 0 Å². The van der Waals surface area contributed by atoms with Crippen LogP contribution in [0, 0.1) is 21.4 Å². The Bertz CT molecular complexity index is 1510. The first kappa shape index (κ1) is 24.2. The molecule has 0 aliphatic rings. The number of rotatable bonds is 7. The molecule has 0 aliphatic carbocycles. The average molecular weight is 500 g/mol. The van der Waals surface area contributed by atoms with Gasteiger partial charge in [-0.25, -0.2) is 4.68 Å². The zero-order chi connectivity index (χ0) is 25.7. The summed E-state index contributed by atoms with van der Waals surface area (Å²) in [6.07, 6.45) is 3.15. The van der Waals surface area contributed by atoms with Gasteiger partial charge in [-0.2, -0.15) is 10.4 Å². The zero-order valence-electron chi connectivity index (χ0n) is 18.9. The maximum absolute atomic E-state index is 12.9. The number of anilines is 1. The predicted octanol–water partition coefficient (Wildman–Crippen LogP) is 5.66. The summed E-state index contributed by atoms with van der Waals surface area (Å²) >= 11 is 6.08. The number of hydrogen-bond acceptors (Lipinski definition) is 6. The van der Waals surface area contributed by atoms with E-state index in [-0.39, 0.29) is 22.0 Å². The minimum absolute atomic E-state index is 0.0225. The Labute approximate surface area is 211 Å². The number of ether oxygens (including phenoxy) is 1. The molecule has 1 heterocycles. The van der Waals surface area contributed by atoms with Crippen LogP contribution in [0.15, 0.2) is 84.6 Å². The minimum Gasteiger partial charge on any atom is -0.497 e. The molecule has 3 aromatic carbocycles. The van der Waals surface area contributed by atoms with Gasteiger partial charge in [-0.1, -0.05) is 29.8 Å². The molecule has 10 heteroatoms. The maximum Gasteiger partial charge on any atom is 0.271 e. The molecule has 178 valence electrons.